The summed E-state index contributed by atoms with van der Waals surface area (Å²) in [5.74, 6) is 1.96. The van der Waals surface area contributed by atoms with Gasteiger partial charge in [-0.25, -0.2) is 4.68 Å². The average Bonchev–Trinajstić information content (AvgIpc) is 2.73. The number of aromatic nitrogens is 4. The molecule has 6 heteroatoms. The van der Waals surface area contributed by atoms with Gasteiger partial charge >= 0.3 is 0 Å². The van der Waals surface area contributed by atoms with Crippen molar-refractivity contribution in [3.8, 4) is 0 Å². The third kappa shape index (κ3) is 2.92. The van der Waals surface area contributed by atoms with E-state index in [9.17, 15) is 0 Å². The van der Waals surface area contributed by atoms with Crippen molar-refractivity contribution in [2.75, 3.05) is 19.1 Å². The predicted octanol–water partition coefficient (Wildman–Crippen LogP) is 1.27. The second-order valence-corrected chi connectivity index (χ2v) is 4.42. The van der Waals surface area contributed by atoms with Gasteiger partial charge in [-0.3, -0.25) is 0 Å². The first kappa shape index (κ1) is 12.4. The van der Waals surface area contributed by atoms with E-state index in [4.69, 9.17) is 0 Å². The highest BCUT2D eigenvalue weighted by molar-refractivity contribution is 7.98. The number of tetrazole rings is 1. The fourth-order valence-electron chi connectivity index (χ4n) is 1.43. The minimum absolute atomic E-state index is 0.191. The molecule has 0 saturated heterocycles. The van der Waals surface area contributed by atoms with Crippen LogP contribution in [0.15, 0.2) is 0 Å². The molecule has 1 N–H and O–H groups in total. The summed E-state index contributed by atoms with van der Waals surface area (Å²) in [5.41, 5.74) is 0. The van der Waals surface area contributed by atoms with E-state index in [2.05, 4.69) is 40.9 Å². The van der Waals surface area contributed by atoms with Crippen LogP contribution in [0, 0.1) is 0 Å². The van der Waals surface area contributed by atoms with Gasteiger partial charge in [0.1, 0.15) is 0 Å². The van der Waals surface area contributed by atoms with Crippen LogP contribution in [-0.2, 0) is 0 Å². The summed E-state index contributed by atoms with van der Waals surface area (Å²) in [6.07, 6.45) is 3.16. The molecule has 0 saturated carbocycles. The Morgan fingerprint density at radius 2 is 2.27 bits per heavy atom. The highest BCUT2D eigenvalue weighted by Gasteiger charge is 2.18. The fourth-order valence-corrected chi connectivity index (χ4v) is 2.19. The van der Waals surface area contributed by atoms with Crippen molar-refractivity contribution in [2.45, 2.75) is 32.4 Å². The Labute approximate surface area is 95.0 Å². The Morgan fingerprint density at radius 3 is 2.80 bits per heavy atom. The van der Waals surface area contributed by atoms with Gasteiger partial charge < -0.3 is 5.32 Å². The van der Waals surface area contributed by atoms with Crippen LogP contribution in [0.2, 0.25) is 0 Å². The predicted molar refractivity (Wildman–Crippen MR) is 63.0 cm³/mol. The molecule has 0 fully saturated rings. The van der Waals surface area contributed by atoms with Crippen molar-refractivity contribution in [2.24, 2.45) is 0 Å². The van der Waals surface area contributed by atoms with Gasteiger partial charge in [-0.15, -0.1) is 5.10 Å². The summed E-state index contributed by atoms with van der Waals surface area (Å²) in [4.78, 5) is 0. The summed E-state index contributed by atoms with van der Waals surface area (Å²) in [6, 6.07) is 0.580. The minimum Gasteiger partial charge on any atom is -0.311 e. The number of hydrogen-bond donors (Lipinski definition) is 1. The van der Waals surface area contributed by atoms with Crippen molar-refractivity contribution in [1.82, 2.24) is 25.5 Å². The molecule has 5 nitrogen and oxygen atoms in total. The summed E-state index contributed by atoms with van der Waals surface area (Å²) in [7, 11) is 1.92. The maximum absolute atomic E-state index is 4.08. The Kier molecular flexibility index (Phi) is 5.04. The zero-order chi connectivity index (χ0) is 11.3. The molecule has 0 aliphatic carbocycles. The minimum atomic E-state index is 0.191. The topological polar surface area (TPSA) is 55.6 Å². The molecule has 1 aromatic heterocycles. The lowest BCUT2D eigenvalue weighted by molar-refractivity contribution is 0.432. The highest BCUT2D eigenvalue weighted by atomic mass is 32.2. The van der Waals surface area contributed by atoms with Gasteiger partial charge in [0.05, 0.1) is 12.1 Å². The third-order valence-electron chi connectivity index (χ3n) is 2.51. The summed E-state index contributed by atoms with van der Waals surface area (Å²) < 4.78 is 1.94. The zero-order valence-corrected chi connectivity index (χ0v) is 10.6. The standard InChI is InChI=1S/C9H19N5S/c1-5-8(6-15-4)14-9(7(2)10-3)11-12-13-14/h7-8,10H,5-6H2,1-4H3. The maximum atomic E-state index is 4.08. The first-order valence-corrected chi connectivity index (χ1v) is 6.57. The largest absolute Gasteiger partial charge is 0.311 e. The molecule has 1 rings (SSSR count). The number of hydrogen-bond acceptors (Lipinski definition) is 5. The van der Waals surface area contributed by atoms with Crippen molar-refractivity contribution in [1.29, 1.82) is 0 Å². The van der Waals surface area contributed by atoms with Crippen molar-refractivity contribution >= 4 is 11.8 Å². The first-order valence-electron chi connectivity index (χ1n) is 5.18. The van der Waals surface area contributed by atoms with Gasteiger partial charge in [0.15, 0.2) is 5.82 Å². The molecule has 86 valence electrons. The van der Waals surface area contributed by atoms with Gasteiger partial charge in [0.25, 0.3) is 0 Å². The van der Waals surface area contributed by atoms with E-state index in [1.54, 1.807) is 0 Å². The van der Waals surface area contributed by atoms with Crippen LogP contribution in [0.3, 0.4) is 0 Å². The van der Waals surface area contributed by atoms with Crippen LogP contribution >= 0.6 is 11.8 Å². The van der Waals surface area contributed by atoms with E-state index in [0.29, 0.717) is 6.04 Å². The number of nitrogens with one attached hydrogen (secondary N) is 1. The van der Waals surface area contributed by atoms with Crippen LogP contribution in [0.5, 0.6) is 0 Å². The monoisotopic (exact) mass is 229 g/mol. The molecule has 1 aromatic rings. The van der Waals surface area contributed by atoms with Gasteiger partial charge in [-0.2, -0.15) is 11.8 Å². The van der Waals surface area contributed by atoms with E-state index < -0.39 is 0 Å². The molecule has 0 spiro atoms. The Balaban J connectivity index is 2.86. The molecule has 2 atom stereocenters. The molecular weight excluding hydrogens is 210 g/mol. The second-order valence-electron chi connectivity index (χ2n) is 3.51. The first-order chi connectivity index (χ1) is 7.24. The van der Waals surface area contributed by atoms with Gasteiger partial charge in [-0.05, 0) is 37.1 Å². The summed E-state index contributed by atoms with van der Waals surface area (Å²) in [6.45, 7) is 4.23. The van der Waals surface area contributed by atoms with Crippen molar-refractivity contribution < 1.29 is 0 Å². The zero-order valence-electron chi connectivity index (χ0n) is 9.77. The van der Waals surface area contributed by atoms with E-state index in [-0.39, 0.29) is 6.04 Å². The van der Waals surface area contributed by atoms with Crippen molar-refractivity contribution in [3.05, 3.63) is 5.82 Å². The van der Waals surface area contributed by atoms with Gasteiger partial charge in [0.2, 0.25) is 0 Å². The van der Waals surface area contributed by atoms with Crippen LogP contribution in [0.1, 0.15) is 38.2 Å². The third-order valence-corrected chi connectivity index (χ3v) is 3.23. The molecule has 0 radical (unpaired) electrons. The highest BCUT2D eigenvalue weighted by Crippen LogP contribution is 2.19. The van der Waals surface area contributed by atoms with Crippen LogP contribution in [0.25, 0.3) is 0 Å². The molecule has 2 unspecified atom stereocenters. The fraction of sp³-hybridized carbons (Fsp3) is 0.889. The smallest absolute Gasteiger partial charge is 0.168 e. The second kappa shape index (κ2) is 6.07. The SMILES string of the molecule is CCC(CSC)n1nnnc1C(C)NC. The molecular formula is C9H19N5S. The van der Waals surface area contributed by atoms with E-state index >= 15 is 0 Å². The van der Waals surface area contributed by atoms with Crippen molar-refractivity contribution in [3.63, 3.8) is 0 Å². The van der Waals surface area contributed by atoms with E-state index in [1.165, 1.54) is 0 Å². The lowest BCUT2D eigenvalue weighted by Crippen LogP contribution is -2.22. The van der Waals surface area contributed by atoms with Gasteiger partial charge in [-0.1, -0.05) is 6.92 Å². The summed E-state index contributed by atoms with van der Waals surface area (Å²) >= 11 is 1.82. The number of rotatable bonds is 6. The molecule has 1 heterocycles. The average molecular weight is 229 g/mol. The number of nitrogens with zero attached hydrogens (tertiary/aromatic N) is 4. The molecule has 0 aliphatic rings. The normalized spacial score (nSPS) is 15.2. The molecule has 0 aliphatic heterocycles. The Morgan fingerprint density at radius 1 is 1.53 bits per heavy atom. The van der Waals surface area contributed by atoms with Crippen LogP contribution < -0.4 is 5.32 Å². The summed E-state index contributed by atoms with van der Waals surface area (Å²) in [5, 5.41) is 15.1. The van der Waals surface area contributed by atoms with Gasteiger partial charge in [0, 0.05) is 5.75 Å². The Hall–Kier alpha value is -0.620. The van der Waals surface area contributed by atoms with Crippen LogP contribution in [0.4, 0.5) is 0 Å². The number of thioether (sulfide) groups is 1. The maximum Gasteiger partial charge on any atom is 0.168 e. The molecule has 0 bridgehead atoms. The van der Waals surface area contributed by atoms with E-state index in [1.807, 2.05) is 23.5 Å². The van der Waals surface area contributed by atoms with E-state index in [0.717, 1.165) is 18.0 Å². The molecule has 15 heavy (non-hydrogen) atoms. The quantitative estimate of drug-likeness (QED) is 0.796. The van der Waals surface area contributed by atoms with Crippen LogP contribution in [-0.4, -0.2) is 39.3 Å². The lowest BCUT2D eigenvalue weighted by Gasteiger charge is -2.17. The lowest BCUT2D eigenvalue weighted by atomic mass is 10.2. The molecule has 0 amide bonds. The molecule has 0 aromatic carbocycles. The Bertz CT molecular complexity index is 288.